The molecule has 0 aliphatic carbocycles. The van der Waals surface area contributed by atoms with Crippen LogP contribution < -0.4 is 5.32 Å². The van der Waals surface area contributed by atoms with Crippen LogP contribution in [0.4, 0.5) is 11.5 Å². The lowest BCUT2D eigenvalue weighted by Gasteiger charge is -2.15. The summed E-state index contributed by atoms with van der Waals surface area (Å²) in [6.07, 6.45) is 2.05. The number of hydrogen-bond acceptors (Lipinski definition) is 5. The Morgan fingerprint density at radius 2 is 2.11 bits per heavy atom. The Kier molecular flexibility index (Phi) is 3.68. The maximum absolute atomic E-state index is 11.9. The average Bonchev–Trinajstić information content (AvgIpc) is 2.94. The third-order valence-electron chi connectivity index (χ3n) is 3.24. The minimum atomic E-state index is -0.481. The van der Waals surface area contributed by atoms with Crippen LogP contribution in [0.15, 0.2) is 0 Å². The van der Waals surface area contributed by atoms with E-state index in [0.717, 1.165) is 25.9 Å². The number of aryl methyl sites for hydroxylation is 2. The zero-order valence-electron chi connectivity index (χ0n) is 11.0. The number of nitro groups is 1. The maximum Gasteiger partial charge on any atom is 0.333 e. The first kappa shape index (κ1) is 13.3. The molecule has 8 heteroatoms. The Balaban J connectivity index is 2.06. The van der Waals surface area contributed by atoms with Crippen molar-refractivity contribution in [2.75, 3.05) is 25.0 Å². The second kappa shape index (κ2) is 5.25. The van der Waals surface area contributed by atoms with Gasteiger partial charge in [0.1, 0.15) is 5.69 Å². The number of carbonyl (C=O) groups is 1. The molecule has 0 radical (unpaired) electrons. The van der Waals surface area contributed by atoms with Crippen molar-refractivity contribution in [3.63, 3.8) is 0 Å². The van der Waals surface area contributed by atoms with Crippen molar-refractivity contribution in [3.8, 4) is 0 Å². The van der Waals surface area contributed by atoms with Gasteiger partial charge in [0.05, 0.1) is 11.5 Å². The molecule has 104 valence electrons. The van der Waals surface area contributed by atoms with Crippen LogP contribution in [0, 0.1) is 17.0 Å². The largest absolute Gasteiger partial charge is 0.355 e. The second-order valence-electron chi connectivity index (χ2n) is 4.60. The molecule has 1 saturated heterocycles. The topological polar surface area (TPSA) is 93.3 Å². The van der Waals surface area contributed by atoms with Gasteiger partial charge in [-0.2, -0.15) is 5.10 Å². The van der Waals surface area contributed by atoms with Gasteiger partial charge in [0.15, 0.2) is 0 Å². The van der Waals surface area contributed by atoms with Crippen LogP contribution in [0.2, 0.25) is 0 Å². The summed E-state index contributed by atoms with van der Waals surface area (Å²) in [7, 11) is 1.61. The molecule has 1 aliphatic heterocycles. The zero-order valence-corrected chi connectivity index (χ0v) is 11.0. The fourth-order valence-electron chi connectivity index (χ4n) is 2.30. The van der Waals surface area contributed by atoms with Crippen LogP contribution in [-0.2, 0) is 11.8 Å². The Bertz CT molecular complexity index is 505. The second-order valence-corrected chi connectivity index (χ2v) is 4.60. The summed E-state index contributed by atoms with van der Waals surface area (Å²) in [5, 5.41) is 17.8. The van der Waals surface area contributed by atoms with Gasteiger partial charge in [-0.3, -0.25) is 14.9 Å². The summed E-state index contributed by atoms with van der Waals surface area (Å²) in [4.78, 5) is 24.1. The lowest BCUT2D eigenvalue weighted by Crippen LogP contribution is -2.33. The number of rotatable bonds is 4. The Morgan fingerprint density at radius 1 is 1.47 bits per heavy atom. The smallest absolute Gasteiger partial charge is 0.333 e. The van der Waals surface area contributed by atoms with Crippen LogP contribution in [0.25, 0.3) is 0 Å². The minimum Gasteiger partial charge on any atom is -0.355 e. The molecule has 1 N–H and O–H groups in total. The summed E-state index contributed by atoms with van der Waals surface area (Å²) in [5.41, 5.74) is 0.264. The molecule has 8 nitrogen and oxygen atoms in total. The van der Waals surface area contributed by atoms with Gasteiger partial charge >= 0.3 is 5.69 Å². The predicted molar refractivity (Wildman–Crippen MR) is 68.9 cm³/mol. The highest BCUT2D eigenvalue weighted by Crippen LogP contribution is 2.27. The number of hydrogen-bond donors (Lipinski definition) is 1. The van der Waals surface area contributed by atoms with E-state index in [1.165, 1.54) is 4.68 Å². The van der Waals surface area contributed by atoms with Crippen molar-refractivity contribution >= 4 is 17.4 Å². The highest BCUT2D eigenvalue weighted by atomic mass is 16.6. The van der Waals surface area contributed by atoms with Crippen molar-refractivity contribution in [1.29, 1.82) is 0 Å². The minimum absolute atomic E-state index is 0.0364. The molecule has 0 atom stereocenters. The monoisotopic (exact) mass is 267 g/mol. The van der Waals surface area contributed by atoms with Gasteiger partial charge < -0.3 is 10.2 Å². The van der Waals surface area contributed by atoms with E-state index in [0.29, 0.717) is 5.69 Å². The molecular weight excluding hydrogens is 250 g/mol. The van der Waals surface area contributed by atoms with Crippen LogP contribution in [0.1, 0.15) is 18.5 Å². The lowest BCUT2D eigenvalue weighted by molar-refractivity contribution is -0.384. The number of nitrogens with one attached hydrogen (secondary N) is 1. The van der Waals surface area contributed by atoms with E-state index in [1.54, 1.807) is 18.9 Å². The summed E-state index contributed by atoms with van der Waals surface area (Å²) < 4.78 is 1.39. The predicted octanol–water partition coefficient (Wildman–Crippen LogP) is 0.671. The SMILES string of the molecule is Cc1nn(C)c(NCC(=O)N2CCCC2)c1[N+](=O)[O-]. The molecule has 0 bridgehead atoms. The normalized spacial score (nSPS) is 14.7. The molecule has 1 aromatic heterocycles. The summed E-state index contributed by atoms with van der Waals surface area (Å²) in [6.45, 7) is 3.17. The Morgan fingerprint density at radius 3 is 2.68 bits per heavy atom. The first-order valence-corrected chi connectivity index (χ1v) is 6.20. The molecule has 1 aromatic rings. The third-order valence-corrected chi connectivity index (χ3v) is 3.24. The number of anilines is 1. The molecular formula is C11H17N5O3. The quantitative estimate of drug-likeness (QED) is 0.639. The highest BCUT2D eigenvalue weighted by Gasteiger charge is 2.25. The Labute approximate surface area is 110 Å². The van der Waals surface area contributed by atoms with Crippen molar-refractivity contribution in [2.24, 2.45) is 7.05 Å². The van der Waals surface area contributed by atoms with Crippen LogP contribution in [-0.4, -0.2) is 45.1 Å². The number of aromatic nitrogens is 2. The van der Waals surface area contributed by atoms with Crippen LogP contribution >= 0.6 is 0 Å². The zero-order chi connectivity index (χ0) is 14.0. The molecule has 19 heavy (non-hydrogen) atoms. The molecule has 1 amide bonds. The van der Waals surface area contributed by atoms with E-state index in [4.69, 9.17) is 0 Å². The van der Waals surface area contributed by atoms with E-state index >= 15 is 0 Å². The fraction of sp³-hybridized carbons (Fsp3) is 0.636. The van der Waals surface area contributed by atoms with Crippen molar-refractivity contribution in [1.82, 2.24) is 14.7 Å². The van der Waals surface area contributed by atoms with E-state index in [1.807, 2.05) is 0 Å². The first-order valence-electron chi connectivity index (χ1n) is 6.20. The molecule has 0 saturated carbocycles. The molecule has 0 aromatic carbocycles. The van der Waals surface area contributed by atoms with Crippen molar-refractivity contribution < 1.29 is 9.72 Å². The van der Waals surface area contributed by atoms with Crippen molar-refractivity contribution in [3.05, 3.63) is 15.8 Å². The van der Waals surface area contributed by atoms with Gasteiger partial charge in [0, 0.05) is 20.1 Å². The van der Waals surface area contributed by atoms with Gasteiger partial charge in [-0.1, -0.05) is 0 Å². The number of amides is 1. The number of nitrogens with zero attached hydrogens (tertiary/aromatic N) is 4. The first-order chi connectivity index (χ1) is 9.00. The summed E-state index contributed by atoms with van der Waals surface area (Å²) in [6, 6.07) is 0. The van der Waals surface area contributed by atoms with E-state index in [-0.39, 0.29) is 24.0 Å². The standard InChI is InChI=1S/C11H17N5O3/c1-8-10(16(18)19)11(14(2)13-8)12-7-9(17)15-5-3-4-6-15/h12H,3-7H2,1-2H3. The number of carbonyl (C=O) groups excluding carboxylic acids is 1. The molecule has 0 unspecified atom stereocenters. The van der Waals surface area contributed by atoms with Crippen LogP contribution in [0.5, 0.6) is 0 Å². The maximum atomic E-state index is 11.9. The van der Waals surface area contributed by atoms with E-state index in [2.05, 4.69) is 10.4 Å². The van der Waals surface area contributed by atoms with Gasteiger partial charge in [-0.25, -0.2) is 4.68 Å². The number of likely N-dealkylation sites (tertiary alicyclic amines) is 1. The van der Waals surface area contributed by atoms with Gasteiger partial charge in [-0.15, -0.1) is 0 Å². The Hall–Kier alpha value is -2.12. The van der Waals surface area contributed by atoms with Gasteiger partial charge in [-0.05, 0) is 19.8 Å². The molecule has 0 spiro atoms. The summed E-state index contributed by atoms with van der Waals surface area (Å²) >= 11 is 0. The fourth-order valence-corrected chi connectivity index (χ4v) is 2.30. The van der Waals surface area contributed by atoms with Gasteiger partial charge in [0.25, 0.3) is 0 Å². The van der Waals surface area contributed by atoms with Gasteiger partial charge in [0.2, 0.25) is 11.7 Å². The van der Waals surface area contributed by atoms with Crippen molar-refractivity contribution in [2.45, 2.75) is 19.8 Å². The third kappa shape index (κ3) is 2.67. The van der Waals surface area contributed by atoms with Crippen LogP contribution in [0.3, 0.4) is 0 Å². The lowest BCUT2D eigenvalue weighted by atomic mass is 10.4. The van der Waals surface area contributed by atoms with E-state index in [9.17, 15) is 14.9 Å². The molecule has 1 fully saturated rings. The highest BCUT2D eigenvalue weighted by molar-refractivity contribution is 5.81. The average molecular weight is 267 g/mol. The summed E-state index contributed by atoms with van der Waals surface area (Å²) in [5.74, 6) is 0.237. The molecule has 2 rings (SSSR count). The molecule has 1 aliphatic rings. The van der Waals surface area contributed by atoms with E-state index < -0.39 is 4.92 Å². The molecule has 2 heterocycles.